The van der Waals surface area contributed by atoms with Crippen molar-refractivity contribution in [1.82, 2.24) is 9.80 Å². The Labute approximate surface area is 182 Å². The largest absolute Gasteiger partial charge is 0.480 e. The van der Waals surface area contributed by atoms with Crippen LogP contribution in [0.3, 0.4) is 0 Å². The van der Waals surface area contributed by atoms with Gasteiger partial charge in [-0.1, -0.05) is 41.6 Å². The molecule has 0 aromatic heterocycles. The Hall–Kier alpha value is -2.51. The number of nitrogens with zero attached hydrogens (tertiary/aromatic N) is 3. The van der Waals surface area contributed by atoms with Gasteiger partial charge in [-0.3, -0.25) is 14.5 Å². The van der Waals surface area contributed by atoms with Gasteiger partial charge < -0.3 is 14.9 Å². The fourth-order valence-electron chi connectivity index (χ4n) is 3.63. The molecule has 2 aromatic rings. The van der Waals surface area contributed by atoms with E-state index in [0.717, 1.165) is 26.2 Å². The van der Waals surface area contributed by atoms with Crippen LogP contribution in [0.1, 0.15) is 18.1 Å². The molecule has 1 heterocycles. The number of aliphatic carboxylic acids is 1. The molecule has 1 aliphatic heterocycles. The van der Waals surface area contributed by atoms with Crippen LogP contribution in [0.2, 0.25) is 0 Å². The van der Waals surface area contributed by atoms with Gasteiger partial charge in [-0.05, 0) is 37.6 Å². The van der Waals surface area contributed by atoms with Crippen molar-refractivity contribution in [2.24, 2.45) is 0 Å². The highest BCUT2D eigenvalue weighted by molar-refractivity contribution is 7.99. The molecule has 0 atom stereocenters. The predicted octanol–water partition coefficient (Wildman–Crippen LogP) is 3.47. The maximum atomic E-state index is 11.7. The van der Waals surface area contributed by atoms with Crippen molar-refractivity contribution in [2.45, 2.75) is 30.6 Å². The second-order valence-electron chi connectivity index (χ2n) is 7.70. The third kappa shape index (κ3) is 5.77. The van der Waals surface area contributed by atoms with Crippen LogP contribution < -0.4 is 4.90 Å². The van der Waals surface area contributed by atoms with Crippen LogP contribution in [0.4, 0.5) is 5.69 Å². The van der Waals surface area contributed by atoms with Crippen LogP contribution in [0.5, 0.6) is 0 Å². The highest BCUT2D eigenvalue weighted by Gasteiger charge is 2.23. The van der Waals surface area contributed by atoms with E-state index >= 15 is 0 Å². The normalized spacial score (nSPS) is 14.6. The van der Waals surface area contributed by atoms with Crippen LogP contribution in [0, 0.1) is 13.8 Å². The zero-order valence-electron chi connectivity index (χ0n) is 17.8. The van der Waals surface area contributed by atoms with Gasteiger partial charge in [-0.25, -0.2) is 0 Å². The summed E-state index contributed by atoms with van der Waals surface area (Å²) in [5.74, 6) is -1.20. The van der Waals surface area contributed by atoms with Gasteiger partial charge in [0.05, 0.1) is 12.4 Å². The van der Waals surface area contributed by atoms with E-state index in [1.54, 1.807) is 11.8 Å². The minimum Gasteiger partial charge on any atom is -0.480 e. The molecule has 7 heteroatoms. The molecule has 1 N–H and O–H groups in total. The van der Waals surface area contributed by atoms with E-state index in [1.165, 1.54) is 38.4 Å². The number of carbonyl (C=O) groups is 2. The number of carboxylic acid groups (broad SMARTS) is 1. The number of rotatable bonds is 7. The summed E-state index contributed by atoms with van der Waals surface area (Å²) in [5, 5.41) is 9.02. The molecule has 30 heavy (non-hydrogen) atoms. The minimum absolute atomic E-state index is 0.213. The number of para-hydroxylation sites is 1. The summed E-state index contributed by atoms with van der Waals surface area (Å²) in [4.78, 5) is 31.1. The minimum atomic E-state index is -0.985. The van der Waals surface area contributed by atoms with Gasteiger partial charge in [0.25, 0.3) is 0 Å². The predicted molar refractivity (Wildman–Crippen MR) is 120 cm³/mol. The fraction of sp³-hybridized carbons (Fsp3) is 0.391. The lowest BCUT2D eigenvalue weighted by Gasteiger charge is -2.38. The molecule has 1 amide bonds. The third-order valence-corrected chi connectivity index (χ3v) is 6.51. The Morgan fingerprint density at radius 3 is 2.37 bits per heavy atom. The van der Waals surface area contributed by atoms with E-state index in [4.69, 9.17) is 5.11 Å². The molecule has 2 aromatic carbocycles. The Kier molecular flexibility index (Phi) is 7.39. The molecule has 0 saturated carbocycles. The van der Waals surface area contributed by atoms with Crippen molar-refractivity contribution in [3.63, 3.8) is 0 Å². The number of benzene rings is 2. The average Bonchev–Trinajstić information content (AvgIpc) is 2.70. The highest BCUT2D eigenvalue weighted by Crippen LogP contribution is 2.37. The maximum Gasteiger partial charge on any atom is 0.323 e. The topological polar surface area (TPSA) is 64.1 Å². The lowest BCUT2D eigenvalue weighted by Crippen LogP contribution is -2.51. The van der Waals surface area contributed by atoms with Gasteiger partial charge in [0.1, 0.15) is 6.54 Å². The molecule has 160 valence electrons. The first-order chi connectivity index (χ1) is 14.3. The number of carboxylic acids is 1. The Morgan fingerprint density at radius 1 is 1.03 bits per heavy atom. The molecule has 0 radical (unpaired) electrons. The lowest BCUT2D eigenvalue weighted by atomic mass is 10.2. The maximum absolute atomic E-state index is 11.7. The summed E-state index contributed by atoms with van der Waals surface area (Å²) < 4.78 is 0. The zero-order chi connectivity index (χ0) is 21.7. The van der Waals surface area contributed by atoms with E-state index in [2.05, 4.69) is 66.1 Å². The first-order valence-electron chi connectivity index (χ1n) is 10.1. The van der Waals surface area contributed by atoms with Gasteiger partial charge >= 0.3 is 5.97 Å². The van der Waals surface area contributed by atoms with Crippen LogP contribution in [0.25, 0.3) is 0 Å². The van der Waals surface area contributed by atoms with Crippen LogP contribution in [-0.2, 0) is 9.59 Å². The van der Waals surface area contributed by atoms with Gasteiger partial charge in [0.15, 0.2) is 0 Å². The first-order valence-corrected chi connectivity index (χ1v) is 10.9. The van der Waals surface area contributed by atoms with Crippen molar-refractivity contribution < 1.29 is 14.7 Å². The Bertz CT molecular complexity index is 910. The quantitative estimate of drug-likeness (QED) is 0.730. The first kappa shape index (κ1) is 22.2. The Balaban J connectivity index is 1.66. The molecule has 1 saturated heterocycles. The van der Waals surface area contributed by atoms with E-state index < -0.39 is 5.97 Å². The van der Waals surface area contributed by atoms with Crippen molar-refractivity contribution in [1.29, 1.82) is 0 Å². The number of amides is 1. The summed E-state index contributed by atoms with van der Waals surface area (Å²) in [7, 11) is 0. The zero-order valence-corrected chi connectivity index (χ0v) is 18.6. The van der Waals surface area contributed by atoms with Crippen molar-refractivity contribution in [3.05, 3.63) is 53.6 Å². The molecule has 3 rings (SSSR count). The molecular weight excluding hydrogens is 398 g/mol. The number of carbonyl (C=O) groups excluding carboxylic acids is 1. The Morgan fingerprint density at radius 2 is 1.73 bits per heavy atom. The summed E-state index contributed by atoms with van der Waals surface area (Å²) in [5.41, 5.74) is 3.77. The van der Waals surface area contributed by atoms with Crippen molar-refractivity contribution in [2.75, 3.05) is 44.3 Å². The second kappa shape index (κ2) is 10.00. The second-order valence-corrected chi connectivity index (χ2v) is 8.78. The molecule has 6 nitrogen and oxygen atoms in total. The van der Waals surface area contributed by atoms with E-state index in [9.17, 15) is 9.59 Å². The molecule has 0 aliphatic carbocycles. The van der Waals surface area contributed by atoms with Crippen LogP contribution >= 0.6 is 11.8 Å². The summed E-state index contributed by atoms with van der Waals surface area (Å²) in [6, 6.07) is 15.0. The average molecular weight is 428 g/mol. The number of aryl methyl sites for hydroxylation is 2. The SMILES string of the molecule is CC(=O)N(CC(=O)O)CN1CCN(c2ccccc2Sc2ccc(C)cc2C)CC1. The van der Waals surface area contributed by atoms with Crippen molar-refractivity contribution >= 4 is 29.3 Å². The van der Waals surface area contributed by atoms with Crippen LogP contribution in [0.15, 0.2) is 52.3 Å². The standard InChI is InChI=1S/C23H29N3O3S/c1-17-8-9-21(18(2)14-17)30-22-7-5-4-6-20(22)25-12-10-24(11-13-25)16-26(19(3)27)15-23(28)29/h4-9,14H,10-13,15-16H2,1-3H3,(H,28,29). The summed E-state index contributed by atoms with van der Waals surface area (Å²) >= 11 is 1.79. The third-order valence-electron chi connectivity index (χ3n) is 5.27. The summed E-state index contributed by atoms with van der Waals surface area (Å²) in [6.07, 6.45) is 0. The fourth-order valence-corrected chi connectivity index (χ4v) is 4.67. The monoisotopic (exact) mass is 427 g/mol. The number of hydrogen-bond acceptors (Lipinski definition) is 5. The smallest absolute Gasteiger partial charge is 0.323 e. The highest BCUT2D eigenvalue weighted by atomic mass is 32.2. The van der Waals surface area contributed by atoms with E-state index in [0.29, 0.717) is 6.67 Å². The molecular formula is C23H29N3O3S. The number of hydrogen-bond donors (Lipinski definition) is 1. The van der Waals surface area contributed by atoms with Gasteiger partial charge in [-0.15, -0.1) is 0 Å². The summed E-state index contributed by atoms with van der Waals surface area (Å²) in [6.45, 7) is 9.01. The van der Waals surface area contributed by atoms with Crippen LogP contribution in [-0.4, -0.2) is 66.2 Å². The lowest BCUT2D eigenvalue weighted by molar-refractivity contribution is -0.145. The van der Waals surface area contributed by atoms with Gasteiger partial charge in [-0.2, -0.15) is 0 Å². The molecule has 0 bridgehead atoms. The molecule has 1 fully saturated rings. The van der Waals surface area contributed by atoms with Gasteiger partial charge in [0, 0.05) is 42.9 Å². The molecule has 1 aliphatic rings. The van der Waals surface area contributed by atoms with Gasteiger partial charge in [0.2, 0.25) is 5.91 Å². The van der Waals surface area contributed by atoms with E-state index in [1.807, 2.05) is 0 Å². The van der Waals surface area contributed by atoms with Crippen molar-refractivity contribution in [3.8, 4) is 0 Å². The number of anilines is 1. The molecule has 0 spiro atoms. The molecule has 0 unspecified atom stereocenters. The van der Waals surface area contributed by atoms with E-state index in [-0.39, 0.29) is 12.5 Å². The number of piperazine rings is 1.